The summed E-state index contributed by atoms with van der Waals surface area (Å²) in [6, 6.07) is 3.72. The number of carboxylic acid groups (broad SMARTS) is 1. The molecule has 0 radical (unpaired) electrons. The van der Waals surface area contributed by atoms with Crippen LogP contribution in [0.15, 0.2) is 29.6 Å². The Balaban J connectivity index is 3.14. The number of nitrogens with zero attached hydrogens (tertiary/aromatic N) is 3. The van der Waals surface area contributed by atoms with Gasteiger partial charge in [-0.25, -0.2) is 4.79 Å². The SMILES string of the molecule is CCCCC(=NN(C(=O)O)C(C)(C)C)c1ccncc1. The summed E-state index contributed by atoms with van der Waals surface area (Å²) in [6.45, 7) is 7.58. The third kappa shape index (κ3) is 4.64. The van der Waals surface area contributed by atoms with E-state index in [1.165, 1.54) is 0 Å². The Hall–Kier alpha value is -1.91. The molecule has 1 amide bonds. The molecule has 1 heterocycles. The summed E-state index contributed by atoms with van der Waals surface area (Å²) in [4.78, 5) is 15.4. The van der Waals surface area contributed by atoms with Gasteiger partial charge in [0.25, 0.3) is 0 Å². The van der Waals surface area contributed by atoms with Crippen LogP contribution in [0.4, 0.5) is 4.79 Å². The Labute approximate surface area is 120 Å². The fraction of sp³-hybridized carbons (Fsp3) is 0.533. The van der Waals surface area contributed by atoms with E-state index in [2.05, 4.69) is 17.0 Å². The maximum Gasteiger partial charge on any atom is 0.428 e. The first kappa shape index (κ1) is 16.1. The van der Waals surface area contributed by atoms with Crippen molar-refractivity contribution in [3.63, 3.8) is 0 Å². The molecule has 5 nitrogen and oxygen atoms in total. The molecule has 1 rings (SSSR count). The van der Waals surface area contributed by atoms with Gasteiger partial charge in [-0.2, -0.15) is 10.1 Å². The van der Waals surface area contributed by atoms with Crippen LogP contribution in [0.1, 0.15) is 52.5 Å². The highest BCUT2D eigenvalue weighted by Crippen LogP contribution is 2.17. The lowest BCUT2D eigenvalue weighted by Crippen LogP contribution is -2.41. The van der Waals surface area contributed by atoms with Crippen LogP contribution < -0.4 is 0 Å². The normalized spacial score (nSPS) is 12.3. The number of rotatable bonds is 5. The number of unbranched alkanes of at least 4 members (excludes halogenated alkanes) is 1. The number of pyridine rings is 1. The minimum Gasteiger partial charge on any atom is -0.464 e. The van der Waals surface area contributed by atoms with E-state index in [-0.39, 0.29) is 0 Å². The Morgan fingerprint density at radius 2 is 1.95 bits per heavy atom. The van der Waals surface area contributed by atoms with Crippen molar-refractivity contribution in [1.29, 1.82) is 0 Å². The maximum absolute atomic E-state index is 11.4. The maximum atomic E-state index is 11.4. The van der Waals surface area contributed by atoms with Crippen molar-refractivity contribution in [3.05, 3.63) is 30.1 Å². The summed E-state index contributed by atoms with van der Waals surface area (Å²) < 4.78 is 0. The highest BCUT2D eigenvalue weighted by Gasteiger charge is 2.26. The molecule has 0 aliphatic heterocycles. The third-order valence-corrected chi connectivity index (χ3v) is 2.82. The first-order valence-electron chi connectivity index (χ1n) is 6.87. The van der Waals surface area contributed by atoms with Crippen LogP contribution >= 0.6 is 0 Å². The van der Waals surface area contributed by atoms with Crippen molar-refractivity contribution >= 4 is 11.8 Å². The molecular formula is C15H23N3O2. The predicted octanol–water partition coefficient (Wildman–Crippen LogP) is 3.75. The van der Waals surface area contributed by atoms with Gasteiger partial charge in [-0.1, -0.05) is 13.3 Å². The van der Waals surface area contributed by atoms with E-state index in [1.54, 1.807) is 12.4 Å². The average molecular weight is 277 g/mol. The molecule has 0 saturated carbocycles. The van der Waals surface area contributed by atoms with Crippen molar-refractivity contribution in [1.82, 2.24) is 9.99 Å². The molecule has 0 aliphatic carbocycles. The summed E-state index contributed by atoms with van der Waals surface area (Å²) in [7, 11) is 0. The zero-order chi connectivity index (χ0) is 15.2. The van der Waals surface area contributed by atoms with Crippen molar-refractivity contribution in [3.8, 4) is 0 Å². The van der Waals surface area contributed by atoms with Crippen LogP contribution in [0.5, 0.6) is 0 Å². The first-order chi connectivity index (χ1) is 9.36. The van der Waals surface area contributed by atoms with Crippen LogP contribution in [0.2, 0.25) is 0 Å². The summed E-state index contributed by atoms with van der Waals surface area (Å²) >= 11 is 0. The molecule has 1 N–H and O–H groups in total. The molecule has 20 heavy (non-hydrogen) atoms. The number of hydrogen-bond donors (Lipinski definition) is 1. The Bertz CT molecular complexity index is 464. The van der Waals surface area contributed by atoms with Gasteiger partial charge in [-0.05, 0) is 45.7 Å². The minimum atomic E-state index is -1.04. The van der Waals surface area contributed by atoms with E-state index in [9.17, 15) is 9.90 Å². The van der Waals surface area contributed by atoms with E-state index in [0.717, 1.165) is 35.5 Å². The van der Waals surface area contributed by atoms with Gasteiger partial charge in [0, 0.05) is 18.0 Å². The van der Waals surface area contributed by atoms with Gasteiger partial charge in [0.15, 0.2) is 0 Å². The second-order valence-electron chi connectivity index (χ2n) is 5.65. The lowest BCUT2D eigenvalue weighted by atomic mass is 10.1. The fourth-order valence-corrected chi connectivity index (χ4v) is 1.74. The highest BCUT2D eigenvalue weighted by atomic mass is 16.4. The van der Waals surface area contributed by atoms with E-state index in [1.807, 2.05) is 32.9 Å². The molecule has 0 aromatic carbocycles. The zero-order valence-electron chi connectivity index (χ0n) is 12.6. The van der Waals surface area contributed by atoms with Gasteiger partial charge in [-0.15, -0.1) is 0 Å². The van der Waals surface area contributed by atoms with Crippen LogP contribution in [0.3, 0.4) is 0 Å². The van der Waals surface area contributed by atoms with E-state index in [0.29, 0.717) is 0 Å². The predicted molar refractivity (Wildman–Crippen MR) is 79.9 cm³/mol. The van der Waals surface area contributed by atoms with Crippen molar-refractivity contribution in [2.45, 2.75) is 52.5 Å². The average Bonchev–Trinajstić information content (AvgIpc) is 2.38. The lowest BCUT2D eigenvalue weighted by molar-refractivity contribution is 0.103. The molecule has 0 unspecified atom stereocenters. The summed E-state index contributed by atoms with van der Waals surface area (Å²) in [5.74, 6) is 0. The second kappa shape index (κ2) is 7.03. The highest BCUT2D eigenvalue weighted by molar-refractivity contribution is 6.00. The van der Waals surface area contributed by atoms with Crippen LogP contribution in [-0.2, 0) is 0 Å². The quantitative estimate of drug-likeness (QED) is 0.658. The fourth-order valence-electron chi connectivity index (χ4n) is 1.74. The summed E-state index contributed by atoms with van der Waals surface area (Å²) in [5.41, 5.74) is 1.13. The molecule has 0 fully saturated rings. The van der Waals surface area contributed by atoms with Gasteiger partial charge in [0.1, 0.15) is 0 Å². The summed E-state index contributed by atoms with van der Waals surface area (Å²) in [5, 5.41) is 14.8. The Morgan fingerprint density at radius 1 is 1.35 bits per heavy atom. The van der Waals surface area contributed by atoms with Gasteiger partial charge in [0.2, 0.25) is 0 Å². The van der Waals surface area contributed by atoms with Crippen molar-refractivity contribution in [2.24, 2.45) is 5.10 Å². The molecule has 1 aromatic heterocycles. The number of hydrazone groups is 1. The van der Waals surface area contributed by atoms with E-state index < -0.39 is 11.6 Å². The Kier molecular flexibility index (Phi) is 5.67. The van der Waals surface area contributed by atoms with E-state index in [4.69, 9.17) is 0 Å². The largest absolute Gasteiger partial charge is 0.464 e. The molecular weight excluding hydrogens is 254 g/mol. The number of aromatic nitrogens is 1. The monoisotopic (exact) mass is 277 g/mol. The second-order valence-corrected chi connectivity index (χ2v) is 5.65. The molecule has 110 valence electrons. The number of carbonyl (C=O) groups is 1. The molecule has 5 heteroatoms. The van der Waals surface area contributed by atoms with Gasteiger partial charge >= 0.3 is 6.09 Å². The minimum absolute atomic E-state index is 0.573. The Morgan fingerprint density at radius 3 is 2.40 bits per heavy atom. The van der Waals surface area contributed by atoms with Crippen molar-refractivity contribution in [2.75, 3.05) is 0 Å². The number of amides is 1. The molecule has 1 aromatic rings. The van der Waals surface area contributed by atoms with Crippen LogP contribution in [0.25, 0.3) is 0 Å². The molecule has 0 bridgehead atoms. The van der Waals surface area contributed by atoms with Gasteiger partial charge in [0.05, 0.1) is 11.3 Å². The summed E-state index contributed by atoms with van der Waals surface area (Å²) in [6.07, 6.45) is 5.10. The van der Waals surface area contributed by atoms with Crippen molar-refractivity contribution < 1.29 is 9.90 Å². The molecule has 0 saturated heterocycles. The zero-order valence-corrected chi connectivity index (χ0v) is 12.6. The smallest absolute Gasteiger partial charge is 0.428 e. The van der Waals surface area contributed by atoms with E-state index >= 15 is 0 Å². The molecule has 0 aliphatic rings. The van der Waals surface area contributed by atoms with Crippen LogP contribution in [0, 0.1) is 0 Å². The van der Waals surface area contributed by atoms with Gasteiger partial charge in [-0.3, -0.25) is 4.98 Å². The van der Waals surface area contributed by atoms with Crippen LogP contribution in [-0.4, -0.2) is 32.4 Å². The molecule has 0 atom stereocenters. The standard InChI is InChI=1S/C15H23N3O2/c1-5-6-7-13(12-8-10-16-11-9-12)17-18(14(19)20)15(2,3)4/h8-11H,5-7H2,1-4H3,(H,19,20). The lowest BCUT2D eigenvalue weighted by Gasteiger charge is -2.29. The topological polar surface area (TPSA) is 65.8 Å². The first-order valence-corrected chi connectivity index (χ1v) is 6.87. The number of hydrogen-bond acceptors (Lipinski definition) is 3. The molecule has 0 spiro atoms. The van der Waals surface area contributed by atoms with Gasteiger partial charge < -0.3 is 5.11 Å². The third-order valence-electron chi connectivity index (χ3n) is 2.82.